The largest absolute Gasteiger partial charge is 0.488 e. The molecular weight excluding hydrogens is 396 g/mol. The lowest BCUT2D eigenvalue weighted by molar-refractivity contribution is -0.384. The fraction of sp³-hybridized carbons (Fsp3) is 0.227. The highest BCUT2D eigenvalue weighted by molar-refractivity contribution is 5.78. The van der Waals surface area contributed by atoms with Gasteiger partial charge >= 0.3 is 0 Å². The minimum absolute atomic E-state index is 0.248. The molecule has 1 fully saturated rings. The highest BCUT2D eigenvalue weighted by atomic mass is 16.9. The molecular formula is C22H22N6O3. The average Bonchev–Trinajstić information content (AvgIpc) is 3.16. The number of rotatable bonds is 6. The predicted octanol–water partition coefficient (Wildman–Crippen LogP) is 4.14. The molecule has 158 valence electrons. The zero-order valence-corrected chi connectivity index (χ0v) is 17.1. The van der Waals surface area contributed by atoms with Gasteiger partial charge in [-0.25, -0.2) is 15.0 Å². The number of hydrogen-bond donors (Lipinski definition) is 3. The summed E-state index contributed by atoms with van der Waals surface area (Å²) in [6.07, 6.45) is -0.905. The Bertz CT molecular complexity index is 1180. The molecule has 0 saturated carbocycles. The van der Waals surface area contributed by atoms with E-state index < -0.39 is 6.29 Å². The van der Waals surface area contributed by atoms with Crippen LogP contribution in [-0.4, -0.2) is 32.8 Å². The van der Waals surface area contributed by atoms with Gasteiger partial charge in [-0.2, -0.15) is 0 Å². The Balaban J connectivity index is 1.41. The van der Waals surface area contributed by atoms with E-state index in [0.717, 1.165) is 22.3 Å². The third-order valence-corrected chi connectivity index (χ3v) is 4.86. The van der Waals surface area contributed by atoms with Crippen molar-refractivity contribution < 1.29 is 14.2 Å². The van der Waals surface area contributed by atoms with Crippen LogP contribution in [0.1, 0.15) is 25.8 Å². The summed E-state index contributed by atoms with van der Waals surface area (Å²) >= 11 is 0. The average molecular weight is 418 g/mol. The van der Waals surface area contributed by atoms with Gasteiger partial charge in [-0.1, -0.05) is 12.1 Å². The van der Waals surface area contributed by atoms with Gasteiger partial charge in [0.2, 0.25) is 12.2 Å². The van der Waals surface area contributed by atoms with Crippen LogP contribution in [-0.2, 0) is 9.47 Å². The highest BCUT2D eigenvalue weighted by Crippen LogP contribution is 2.39. The molecule has 3 heterocycles. The Morgan fingerprint density at radius 2 is 1.84 bits per heavy atom. The summed E-state index contributed by atoms with van der Waals surface area (Å²) in [5.41, 5.74) is 10.2. The van der Waals surface area contributed by atoms with Gasteiger partial charge in [0, 0.05) is 11.3 Å². The van der Waals surface area contributed by atoms with E-state index in [4.69, 9.17) is 19.9 Å². The molecule has 5 rings (SSSR count). The van der Waals surface area contributed by atoms with Gasteiger partial charge in [0.05, 0.1) is 17.6 Å². The number of ether oxygens (including phenoxy) is 3. The van der Waals surface area contributed by atoms with E-state index >= 15 is 0 Å². The number of para-hydroxylation sites is 2. The number of H-pyrrole nitrogens is 1. The summed E-state index contributed by atoms with van der Waals surface area (Å²) in [4.78, 5) is 16.8. The Morgan fingerprint density at radius 1 is 1.06 bits per heavy atom. The van der Waals surface area contributed by atoms with E-state index in [2.05, 4.69) is 25.3 Å². The number of aromatic nitrogens is 4. The number of imidazole rings is 1. The second kappa shape index (κ2) is 7.86. The number of fused-ring (bicyclic) bond motifs is 1. The van der Waals surface area contributed by atoms with Crippen molar-refractivity contribution >= 4 is 28.5 Å². The van der Waals surface area contributed by atoms with Crippen LogP contribution in [0, 0.1) is 0 Å². The van der Waals surface area contributed by atoms with E-state index in [1.54, 1.807) is 0 Å². The summed E-state index contributed by atoms with van der Waals surface area (Å²) in [6, 6.07) is 15.5. The maximum Gasteiger partial charge on any atom is 0.210 e. The Hall–Kier alpha value is -3.69. The summed E-state index contributed by atoms with van der Waals surface area (Å²) < 4.78 is 16.8. The first kappa shape index (κ1) is 19.3. The van der Waals surface area contributed by atoms with Crippen molar-refractivity contribution in [2.24, 2.45) is 0 Å². The molecule has 1 aliphatic heterocycles. The Kier molecular flexibility index (Phi) is 4.89. The molecule has 2 aromatic heterocycles. The van der Waals surface area contributed by atoms with E-state index in [-0.39, 0.29) is 12.1 Å². The predicted molar refractivity (Wildman–Crippen MR) is 117 cm³/mol. The monoisotopic (exact) mass is 418 g/mol. The van der Waals surface area contributed by atoms with Gasteiger partial charge in [0.25, 0.3) is 0 Å². The van der Waals surface area contributed by atoms with Gasteiger partial charge in [0.15, 0.2) is 23.7 Å². The van der Waals surface area contributed by atoms with Crippen LogP contribution >= 0.6 is 0 Å². The topological polar surface area (TPSA) is 120 Å². The molecule has 1 saturated heterocycles. The molecule has 2 aromatic carbocycles. The number of nitrogens with zero attached hydrogens (tertiary/aromatic N) is 3. The van der Waals surface area contributed by atoms with Crippen molar-refractivity contribution in [2.45, 2.75) is 26.4 Å². The Morgan fingerprint density at radius 3 is 2.55 bits per heavy atom. The van der Waals surface area contributed by atoms with Gasteiger partial charge in [-0.05, 0) is 50.2 Å². The molecule has 0 atom stereocenters. The highest BCUT2D eigenvalue weighted by Gasteiger charge is 2.34. The molecule has 0 unspecified atom stereocenters. The van der Waals surface area contributed by atoms with Crippen molar-refractivity contribution in [1.82, 2.24) is 19.9 Å². The maximum absolute atomic E-state index is 6.15. The van der Waals surface area contributed by atoms with Crippen LogP contribution in [0.4, 0.5) is 17.5 Å². The zero-order chi connectivity index (χ0) is 21.4. The summed E-state index contributed by atoms with van der Waals surface area (Å²) in [7, 11) is 0. The fourth-order valence-corrected chi connectivity index (χ4v) is 3.41. The lowest BCUT2D eigenvalue weighted by atomic mass is 10.2. The van der Waals surface area contributed by atoms with Gasteiger partial charge in [-0.3, -0.25) is 0 Å². The molecule has 0 amide bonds. The molecule has 9 heteroatoms. The van der Waals surface area contributed by atoms with Crippen LogP contribution in [0.15, 0.2) is 48.5 Å². The van der Waals surface area contributed by atoms with Crippen molar-refractivity contribution in [3.05, 3.63) is 54.2 Å². The van der Waals surface area contributed by atoms with Crippen LogP contribution in [0.2, 0.25) is 0 Å². The van der Waals surface area contributed by atoms with E-state index in [9.17, 15) is 0 Å². The van der Waals surface area contributed by atoms with Crippen molar-refractivity contribution in [3.63, 3.8) is 0 Å². The first-order valence-corrected chi connectivity index (χ1v) is 10.0. The molecule has 4 N–H and O–H groups in total. The lowest BCUT2D eigenvalue weighted by Crippen LogP contribution is -2.33. The van der Waals surface area contributed by atoms with Crippen LogP contribution in [0.3, 0.4) is 0 Å². The quantitative estimate of drug-likeness (QED) is 0.427. The van der Waals surface area contributed by atoms with Gasteiger partial charge in [-0.15, -0.1) is 0 Å². The molecule has 9 nitrogen and oxygen atoms in total. The van der Waals surface area contributed by atoms with Crippen molar-refractivity contribution in [2.75, 3.05) is 17.7 Å². The Labute approximate surface area is 178 Å². The summed E-state index contributed by atoms with van der Waals surface area (Å²) in [5, 5.41) is 3.27. The molecule has 31 heavy (non-hydrogen) atoms. The zero-order valence-electron chi connectivity index (χ0n) is 17.1. The fourth-order valence-electron chi connectivity index (χ4n) is 3.41. The van der Waals surface area contributed by atoms with Crippen LogP contribution in [0.5, 0.6) is 5.75 Å². The number of aromatic amines is 1. The SMILES string of the molecule is CCOc1c(N)nc(-c2ccc(Nc3nc4ccccc4[nH]3)cc2)nc1C1OC(C)O1. The van der Waals surface area contributed by atoms with Crippen LogP contribution in [0.25, 0.3) is 22.4 Å². The number of nitrogen functional groups attached to an aromatic ring is 1. The number of hydrogen-bond acceptors (Lipinski definition) is 8. The summed E-state index contributed by atoms with van der Waals surface area (Å²) in [6.45, 7) is 4.12. The molecule has 0 aliphatic carbocycles. The van der Waals surface area contributed by atoms with E-state index in [1.807, 2.05) is 62.4 Å². The smallest absolute Gasteiger partial charge is 0.210 e. The second-order valence-electron chi connectivity index (χ2n) is 7.06. The van der Waals surface area contributed by atoms with Crippen molar-refractivity contribution in [1.29, 1.82) is 0 Å². The summed E-state index contributed by atoms with van der Waals surface area (Å²) in [5.74, 6) is 1.79. The third-order valence-electron chi connectivity index (χ3n) is 4.86. The molecule has 0 radical (unpaired) electrons. The maximum atomic E-state index is 6.15. The first-order chi connectivity index (χ1) is 15.1. The van der Waals surface area contributed by atoms with Gasteiger partial charge < -0.3 is 30.2 Å². The van der Waals surface area contributed by atoms with Crippen molar-refractivity contribution in [3.8, 4) is 17.1 Å². The molecule has 0 spiro atoms. The number of anilines is 3. The van der Waals surface area contributed by atoms with Crippen LogP contribution < -0.4 is 15.8 Å². The van der Waals surface area contributed by atoms with Gasteiger partial charge in [0.1, 0.15) is 5.69 Å². The normalized spacial score (nSPS) is 18.0. The second-order valence-corrected chi connectivity index (χ2v) is 7.06. The first-order valence-electron chi connectivity index (χ1n) is 10.0. The van der Waals surface area contributed by atoms with E-state index in [1.165, 1.54) is 0 Å². The molecule has 0 bridgehead atoms. The number of nitrogens with two attached hydrogens (primary N) is 1. The minimum atomic E-state index is -0.616. The number of benzene rings is 2. The third kappa shape index (κ3) is 3.76. The molecule has 1 aliphatic rings. The standard InChI is InChI=1S/C22H22N6O3/c1-3-29-18-17(21-30-12(2)31-21)27-20(28-19(18)23)13-8-10-14(11-9-13)24-22-25-15-6-4-5-7-16(15)26-22/h4-12,21H,3H2,1-2H3,(H2,23,27,28)(H2,24,25,26). The minimum Gasteiger partial charge on any atom is -0.488 e. The van der Waals surface area contributed by atoms with E-state index in [0.29, 0.717) is 29.8 Å². The lowest BCUT2D eigenvalue weighted by Gasteiger charge is -2.34. The number of nitrogens with one attached hydrogen (secondary N) is 2. The molecule has 4 aromatic rings.